The standard InChI is InChI=1S/C29H34N2O5/c1-6-34-28(32)20-12-22-26(31(18(20)4)19-8-9-19)21-13-24(33-5)25(14-23(21)36-27(22)17(2)3)35-16-29(15-30)10-7-11-29/h12-14,17,19,27H,4,6-11,16H2,1-3,5H3. The molecular weight excluding hydrogens is 456 g/mol. The molecule has 2 fully saturated rings. The zero-order valence-corrected chi connectivity index (χ0v) is 21.6. The van der Waals surface area contributed by atoms with Crippen molar-refractivity contribution in [2.75, 3.05) is 20.3 Å². The third kappa shape index (κ3) is 4.03. The van der Waals surface area contributed by atoms with Gasteiger partial charge in [-0.1, -0.05) is 26.8 Å². The minimum atomic E-state index is -0.421. The summed E-state index contributed by atoms with van der Waals surface area (Å²) in [5.74, 6) is 1.64. The number of ether oxygens (including phenoxy) is 4. The quantitative estimate of drug-likeness (QED) is 0.453. The highest BCUT2D eigenvalue weighted by atomic mass is 16.5. The van der Waals surface area contributed by atoms with Crippen molar-refractivity contribution >= 4 is 11.7 Å². The normalized spacial score (nSPS) is 22.0. The van der Waals surface area contributed by atoms with Gasteiger partial charge in [0.1, 0.15) is 18.5 Å². The molecule has 190 valence electrons. The Labute approximate surface area is 213 Å². The zero-order chi connectivity index (χ0) is 25.6. The Morgan fingerprint density at radius 3 is 2.61 bits per heavy atom. The van der Waals surface area contributed by atoms with Crippen LogP contribution in [-0.2, 0) is 9.53 Å². The number of rotatable bonds is 8. The summed E-state index contributed by atoms with van der Waals surface area (Å²) in [6.07, 6.45) is 6.46. The Morgan fingerprint density at radius 2 is 2.06 bits per heavy atom. The molecule has 2 saturated carbocycles. The maximum absolute atomic E-state index is 12.8. The predicted molar refractivity (Wildman–Crippen MR) is 135 cm³/mol. The molecule has 1 aromatic rings. The van der Waals surface area contributed by atoms with Gasteiger partial charge in [0.05, 0.1) is 36.5 Å². The highest BCUT2D eigenvalue weighted by Crippen LogP contribution is 2.52. The van der Waals surface area contributed by atoms with Crippen molar-refractivity contribution < 1.29 is 23.7 Å². The number of fused-ring (bicyclic) bond motifs is 2. The number of esters is 1. The van der Waals surface area contributed by atoms with Crippen LogP contribution in [0, 0.1) is 22.7 Å². The summed E-state index contributed by atoms with van der Waals surface area (Å²) in [5.41, 5.74) is 3.56. The van der Waals surface area contributed by atoms with Crippen molar-refractivity contribution in [3.05, 3.63) is 47.2 Å². The van der Waals surface area contributed by atoms with Crippen LogP contribution in [0.1, 0.15) is 58.4 Å². The highest BCUT2D eigenvalue weighted by molar-refractivity contribution is 5.97. The minimum absolute atomic E-state index is 0.151. The van der Waals surface area contributed by atoms with E-state index >= 15 is 0 Å². The number of hydrogen-bond donors (Lipinski definition) is 0. The minimum Gasteiger partial charge on any atom is -0.493 e. The largest absolute Gasteiger partial charge is 0.493 e. The smallest absolute Gasteiger partial charge is 0.340 e. The van der Waals surface area contributed by atoms with Gasteiger partial charge in [0.15, 0.2) is 11.5 Å². The predicted octanol–water partition coefficient (Wildman–Crippen LogP) is 5.38. The number of hydrogen-bond acceptors (Lipinski definition) is 7. The molecule has 1 atom stereocenters. The van der Waals surface area contributed by atoms with Gasteiger partial charge in [-0.2, -0.15) is 5.26 Å². The van der Waals surface area contributed by atoms with Crippen LogP contribution in [0.3, 0.4) is 0 Å². The molecule has 2 aliphatic heterocycles. The number of benzene rings is 1. The van der Waals surface area contributed by atoms with Gasteiger partial charge in [0.2, 0.25) is 0 Å². The summed E-state index contributed by atoms with van der Waals surface area (Å²) in [6, 6.07) is 6.54. The molecule has 0 radical (unpaired) electrons. The fraction of sp³-hybridized carbons (Fsp3) is 0.517. The molecule has 0 spiro atoms. The Morgan fingerprint density at radius 1 is 1.31 bits per heavy atom. The summed E-state index contributed by atoms with van der Waals surface area (Å²) in [7, 11) is 1.62. The van der Waals surface area contributed by atoms with Crippen molar-refractivity contribution in [2.45, 2.75) is 65.0 Å². The van der Waals surface area contributed by atoms with Gasteiger partial charge in [0, 0.05) is 28.9 Å². The molecule has 0 aromatic heterocycles. The van der Waals surface area contributed by atoms with E-state index in [4.69, 9.17) is 18.9 Å². The van der Waals surface area contributed by atoms with Crippen LogP contribution < -0.4 is 14.2 Å². The van der Waals surface area contributed by atoms with Gasteiger partial charge < -0.3 is 23.8 Å². The molecule has 5 rings (SSSR count). The molecule has 0 saturated heterocycles. The first-order chi connectivity index (χ1) is 17.3. The molecule has 7 nitrogen and oxygen atoms in total. The Kier molecular flexibility index (Phi) is 6.23. The van der Waals surface area contributed by atoms with Crippen LogP contribution in [0.5, 0.6) is 17.2 Å². The van der Waals surface area contributed by atoms with Gasteiger partial charge in [-0.25, -0.2) is 4.79 Å². The van der Waals surface area contributed by atoms with Gasteiger partial charge in [-0.05, 0) is 50.7 Å². The van der Waals surface area contributed by atoms with Gasteiger partial charge in [0.25, 0.3) is 0 Å². The molecule has 0 N–H and O–H groups in total. The fourth-order valence-corrected chi connectivity index (χ4v) is 5.23. The van der Waals surface area contributed by atoms with Gasteiger partial charge >= 0.3 is 5.97 Å². The zero-order valence-electron chi connectivity index (χ0n) is 21.6. The van der Waals surface area contributed by atoms with Gasteiger partial charge in [-0.3, -0.25) is 0 Å². The average molecular weight is 491 g/mol. The van der Waals surface area contributed by atoms with Crippen molar-refractivity contribution in [1.82, 2.24) is 4.90 Å². The van der Waals surface area contributed by atoms with Crippen LogP contribution >= 0.6 is 0 Å². The average Bonchev–Trinajstić information content (AvgIpc) is 3.67. The summed E-state index contributed by atoms with van der Waals surface area (Å²) in [5, 5.41) is 9.62. The molecule has 36 heavy (non-hydrogen) atoms. The van der Waals surface area contributed by atoms with Crippen molar-refractivity contribution in [2.24, 2.45) is 11.3 Å². The molecule has 4 aliphatic rings. The molecule has 2 aliphatic carbocycles. The third-order valence-electron chi connectivity index (χ3n) is 7.56. The lowest BCUT2D eigenvalue weighted by Crippen LogP contribution is -2.38. The van der Waals surface area contributed by atoms with Crippen LogP contribution in [-0.4, -0.2) is 43.3 Å². The van der Waals surface area contributed by atoms with Gasteiger partial charge in [-0.15, -0.1) is 0 Å². The molecule has 0 amide bonds. The number of nitrogens with zero attached hydrogens (tertiary/aromatic N) is 2. The van der Waals surface area contributed by atoms with Crippen molar-refractivity contribution in [3.63, 3.8) is 0 Å². The van der Waals surface area contributed by atoms with Crippen LogP contribution in [0.2, 0.25) is 0 Å². The maximum atomic E-state index is 12.8. The number of carbonyl (C=O) groups is 1. The maximum Gasteiger partial charge on any atom is 0.340 e. The lowest BCUT2D eigenvalue weighted by molar-refractivity contribution is -0.138. The third-order valence-corrected chi connectivity index (χ3v) is 7.56. The Bertz CT molecular complexity index is 1200. The van der Waals surface area contributed by atoms with E-state index < -0.39 is 5.41 Å². The second-order valence-corrected chi connectivity index (χ2v) is 10.4. The molecule has 0 bridgehead atoms. The van der Waals surface area contributed by atoms with E-state index in [2.05, 4.69) is 31.4 Å². The summed E-state index contributed by atoms with van der Waals surface area (Å²) in [4.78, 5) is 15.0. The monoisotopic (exact) mass is 490 g/mol. The highest BCUT2D eigenvalue weighted by Gasteiger charge is 2.44. The number of nitriles is 1. The van der Waals surface area contributed by atoms with Crippen LogP contribution in [0.25, 0.3) is 5.70 Å². The lowest BCUT2D eigenvalue weighted by Gasteiger charge is -2.42. The summed E-state index contributed by atoms with van der Waals surface area (Å²) in [6.45, 7) is 11.0. The number of methoxy groups -OCH3 is 1. The van der Waals surface area contributed by atoms with Crippen LogP contribution in [0.4, 0.5) is 0 Å². The van der Waals surface area contributed by atoms with E-state index in [0.717, 1.165) is 48.9 Å². The fourth-order valence-electron chi connectivity index (χ4n) is 5.23. The molecular formula is C29H34N2O5. The second-order valence-electron chi connectivity index (χ2n) is 10.4. The molecule has 2 heterocycles. The summed E-state index contributed by atoms with van der Waals surface area (Å²) >= 11 is 0. The first-order valence-corrected chi connectivity index (χ1v) is 12.9. The van der Waals surface area contributed by atoms with E-state index in [0.29, 0.717) is 41.7 Å². The van der Waals surface area contributed by atoms with E-state index in [9.17, 15) is 10.1 Å². The topological polar surface area (TPSA) is 81.0 Å². The first kappa shape index (κ1) is 24.3. The summed E-state index contributed by atoms with van der Waals surface area (Å²) < 4.78 is 23.8. The second kappa shape index (κ2) is 9.24. The Hall–Kier alpha value is -3.40. The van der Waals surface area contributed by atoms with Crippen molar-refractivity contribution in [3.8, 4) is 23.3 Å². The molecule has 1 aromatic carbocycles. The molecule has 1 unspecified atom stereocenters. The van der Waals surface area contributed by atoms with Crippen molar-refractivity contribution in [1.29, 1.82) is 5.26 Å². The van der Waals surface area contributed by atoms with Crippen LogP contribution in [0.15, 0.2) is 41.6 Å². The SMILES string of the molecule is C=C1C(C(=O)OCC)=CC2=C(c3cc(OC)c(OCC4(C#N)CCC4)cc3OC2C(C)C)N1C1CC1. The first-order valence-electron chi connectivity index (χ1n) is 12.9. The van der Waals surface area contributed by atoms with E-state index in [1.54, 1.807) is 14.0 Å². The number of carbonyl (C=O) groups excluding carboxylic acids is 1. The van der Waals surface area contributed by atoms with E-state index in [1.165, 1.54) is 0 Å². The lowest BCUT2D eigenvalue weighted by atomic mass is 9.71. The van der Waals surface area contributed by atoms with E-state index in [-0.39, 0.29) is 24.0 Å². The Balaban J connectivity index is 1.61. The molecule has 7 heteroatoms. The van der Waals surface area contributed by atoms with E-state index in [1.807, 2.05) is 18.2 Å².